The minimum Gasteiger partial charge on any atom is -0.387 e. The first-order valence-corrected chi connectivity index (χ1v) is 11.4. The van der Waals surface area contributed by atoms with Crippen molar-refractivity contribution in [2.45, 2.75) is 70.1 Å². The number of anilines is 2. The van der Waals surface area contributed by atoms with Gasteiger partial charge in [0, 0.05) is 35.8 Å². The van der Waals surface area contributed by atoms with E-state index in [2.05, 4.69) is 59.5 Å². The molecule has 1 saturated heterocycles. The lowest BCUT2D eigenvalue weighted by Gasteiger charge is -2.36. The number of nitrogens with one attached hydrogen (secondary N) is 2. The summed E-state index contributed by atoms with van der Waals surface area (Å²) in [6.45, 7) is 10.5. The average molecular weight is 408 g/mol. The van der Waals surface area contributed by atoms with Gasteiger partial charge in [-0.25, -0.2) is 9.97 Å². The molecule has 2 aliphatic heterocycles. The van der Waals surface area contributed by atoms with E-state index >= 15 is 0 Å². The van der Waals surface area contributed by atoms with Crippen molar-refractivity contribution < 1.29 is 5.11 Å². The second-order valence-corrected chi connectivity index (χ2v) is 9.61. The van der Waals surface area contributed by atoms with Crippen LogP contribution in [0.2, 0.25) is 0 Å². The van der Waals surface area contributed by atoms with Gasteiger partial charge >= 0.3 is 0 Å². The smallest absolute Gasteiger partial charge is 0.140 e. The van der Waals surface area contributed by atoms with Crippen molar-refractivity contribution in [1.29, 1.82) is 0 Å². The molecule has 2 atom stereocenters. The Morgan fingerprint density at radius 3 is 2.83 bits per heavy atom. The topological polar surface area (TPSA) is 73.3 Å². The van der Waals surface area contributed by atoms with Crippen LogP contribution in [0, 0.1) is 0 Å². The highest BCUT2D eigenvalue weighted by Gasteiger charge is 2.46. The van der Waals surface area contributed by atoms with Crippen LogP contribution in [0.5, 0.6) is 0 Å². The third-order valence-electron chi connectivity index (χ3n) is 7.21. The molecule has 160 valence electrons. The quantitative estimate of drug-likeness (QED) is 0.722. The molecule has 1 aromatic heterocycles. The number of hydrogen-bond acceptors (Lipinski definition) is 6. The molecule has 1 spiro atoms. The van der Waals surface area contributed by atoms with Gasteiger partial charge in [-0.1, -0.05) is 32.9 Å². The van der Waals surface area contributed by atoms with Crippen LogP contribution in [-0.2, 0) is 12.0 Å². The van der Waals surface area contributed by atoms with Gasteiger partial charge in [0.2, 0.25) is 0 Å². The first kappa shape index (κ1) is 19.9. The highest BCUT2D eigenvalue weighted by Crippen LogP contribution is 2.52. The zero-order valence-electron chi connectivity index (χ0n) is 18.3. The Hall–Kier alpha value is -2.02. The fourth-order valence-corrected chi connectivity index (χ4v) is 5.77. The first-order valence-electron chi connectivity index (χ1n) is 11.4. The lowest BCUT2D eigenvalue weighted by molar-refractivity contribution is 0.170. The van der Waals surface area contributed by atoms with E-state index in [1.54, 1.807) is 6.33 Å². The number of fused-ring (bicyclic) bond motifs is 3. The Morgan fingerprint density at radius 1 is 1.27 bits per heavy atom. The lowest BCUT2D eigenvalue weighted by atomic mass is 9.73. The third-order valence-corrected chi connectivity index (χ3v) is 7.21. The maximum atomic E-state index is 10.5. The van der Waals surface area contributed by atoms with Crippen LogP contribution in [0.25, 0.3) is 0 Å². The predicted octanol–water partition coefficient (Wildman–Crippen LogP) is 3.29. The van der Waals surface area contributed by atoms with Crippen LogP contribution in [0.3, 0.4) is 0 Å². The zero-order chi connectivity index (χ0) is 20.9. The predicted molar refractivity (Wildman–Crippen MR) is 119 cm³/mol. The van der Waals surface area contributed by atoms with Gasteiger partial charge in [0.15, 0.2) is 0 Å². The molecule has 0 radical (unpaired) electrons. The lowest BCUT2D eigenvalue weighted by Crippen LogP contribution is -2.43. The van der Waals surface area contributed by atoms with Gasteiger partial charge in [0.05, 0.1) is 11.8 Å². The van der Waals surface area contributed by atoms with E-state index < -0.39 is 6.10 Å². The molecule has 0 bridgehead atoms. The summed E-state index contributed by atoms with van der Waals surface area (Å²) in [4.78, 5) is 11.6. The number of nitrogens with zero attached hydrogens (tertiary/aromatic N) is 3. The summed E-state index contributed by atoms with van der Waals surface area (Å²) in [5.74, 6) is 1.26. The van der Waals surface area contributed by atoms with E-state index in [0.717, 1.165) is 62.5 Å². The van der Waals surface area contributed by atoms with Gasteiger partial charge < -0.3 is 20.6 Å². The van der Waals surface area contributed by atoms with E-state index in [-0.39, 0.29) is 11.3 Å². The molecule has 2 aromatic rings. The van der Waals surface area contributed by atoms with Crippen LogP contribution in [0.4, 0.5) is 11.5 Å². The third kappa shape index (κ3) is 3.13. The van der Waals surface area contributed by atoms with Crippen LogP contribution in [0.15, 0.2) is 24.5 Å². The van der Waals surface area contributed by atoms with Gasteiger partial charge in [-0.2, -0.15) is 0 Å². The zero-order valence-corrected chi connectivity index (χ0v) is 18.3. The summed E-state index contributed by atoms with van der Waals surface area (Å²) in [5.41, 5.74) is 6.29. The van der Waals surface area contributed by atoms with Crippen LogP contribution in [0.1, 0.15) is 74.4 Å². The number of piperidine rings is 1. The number of aliphatic hydroxyl groups excluding tert-OH is 1. The van der Waals surface area contributed by atoms with Crippen molar-refractivity contribution in [1.82, 2.24) is 20.6 Å². The molecular weight excluding hydrogens is 374 g/mol. The van der Waals surface area contributed by atoms with Crippen LogP contribution >= 0.6 is 0 Å². The Balaban J connectivity index is 1.64. The van der Waals surface area contributed by atoms with Crippen LogP contribution in [-0.4, -0.2) is 40.8 Å². The van der Waals surface area contributed by atoms with Gasteiger partial charge in [-0.3, -0.25) is 0 Å². The maximum absolute atomic E-state index is 10.5. The van der Waals surface area contributed by atoms with Gasteiger partial charge in [0.25, 0.3) is 0 Å². The molecular formula is C24H33N5O. The summed E-state index contributed by atoms with van der Waals surface area (Å²) in [5, 5.41) is 17.7. The molecule has 0 amide bonds. The molecule has 0 unspecified atom stereocenters. The number of hydrogen-bond donors (Lipinski definition) is 3. The molecule has 30 heavy (non-hydrogen) atoms. The fourth-order valence-electron chi connectivity index (χ4n) is 5.77. The van der Waals surface area contributed by atoms with E-state index in [1.807, 2.05) is 0 Å². The highest BCUT2D eigenvalue weighted by atomic mass is 16.3. The minimum atomic E-state index is -0.478. The molecule has 0 saturated carbocycles. The van der Waals surface area contributed by atoms with Crippen molar-refractivity contribution in [2.24, 2.45) is 0 Å². The van der Waals surface area contributed by atoms with Crippen molar-refractivity contribution in [2.75, 3.05) is 24.5 Å². The van der Waals surface area contributed by atoms with Crippen LogP contribution < -0.4 is 15.5 Å². The molecule has 1 aliphatic carbocycles. The van der Waals surface area contributed by atoms with E-state index in [4.69, 9.17) is 4.98 Å². The molecule has 5 rings (SSSR count). The second-order valence-electron chi connectivity index (χ2n) is 9.61. The number of aliphatic hydroxyl groups is 1. The molecule has 1 aromatic carbocycles. The molecule has 3 aliphatic rings. The molecule has 6 heteroatoms. The Morgan fingerprint density at radius 2 is 2.07 bits per heavy atom. The van der Waals surface area contributed by atoms with Crippen molar-refractivity contribution >= 4 is 11.5 Å². The standard InChI is InChI=1S/C24H33N5O/c1-15(2)26-12-17-5-4-6-18-21(17)24(7-9-25-10-8-24)13-29(18)23-20-16(3)11-19(30)22(20)27-14-28-23/h4-6,14-16,19,25-26,30H,7-13H2,1-3H3/t16-,19-/m1/s1. The van der Waals surface area contributed by atoms with Crippen molar-refractivity contribution in [3.8, 4) is 0 Å². The largest absolute Gasteiger partial charge is 0.387 e. The average Bonchev–Trinajstić information content (AvgIpc) is 3.22. The summed E-state index contributed by atoms with van der Waals surface area (Å²) in [7, 11) is 0. The molecule has 6 nitrogen and oxygen atoms in total. The van der Waals surface area contributed by atoms with Gasteiger partial charge in [0.1, 0.15) is 12.1 Å². The minimum absolute atomic E-state index is 0.147. The monoisotopic (exact) mass is 407 g/mol. The molecule has 1 fully saturated rings. The molecule has 3 N–H and O–H groups in total. The van der Waals surface area contributed by atoms with E-state index in [1.165, 1.54) is 16.8 Å². The number of aromatic nitrogens is 2. The van der Waals surface area contributed by atoms with E-state index in [9.17, 15) is 5.11 Å². The Labute approximate surface area is 179 Å². The Bertz CT molecular complexity index is 937. The van der Waals surface area contributed by atoms with Gasteiger partial charge in [-0.05, 0) is 55.5 Å². The second kappa shape index (κ2) is 7.59. The van der Waals surface area contributed by atoms with Crippen molar-refractivity contribution in [3.05, 3.63) is 46.9 Å². The normalized spacial score (nSPS) is 24.5. The maximum Gasteiger partial charge on any atom is 0.140 e. The SMILES string of the molecule is CC(C)NCc1cccc2c1C1(CCNCC1)CN2c1ncnc2c1[C@H](C)C[C@H]2O. The summed E-state index contributed by atoms with van der Waals surface area (Å²) in [6.07, 6.45) is 4.16. The summed E-state index contributed by atoms with van der Waals surface area (Å²) < 4.78 is 0. The number of rotatable bonds is 4. The van der Waals surface area contributed by atoms with Gasteiger partial charge in [-0.15, -0.1) is 0 Å². The highest BCUT2D eigenvalue weighted by molar-refractivity contribution is 5.75. The van der Waals surface area contributed by atoms with E-state index in [0.29, 0.717) is 6.04 Å². The number of benzene rings is 1. The fraction of sp³-hybridized carbons (Fsp3) is 0.583. The molecule has 3 heterocycles. The Kier molecular flexibility index (Phi) is 5.04. The first-order chi connectivity index (χ1) is 14.5. The summed E-state index contributed by atoms with van der Waals surface area (Å²) in [6, 6.07) is 7.19. The van der Waals surface area contributed by atoms with Crippen molar-refractivity contribution in [3.63, 3.8) is 0 Å². The summed E-state index contributed by atoms with van der Waals surface area (Å²) >= 11 is 0.